The summed E-state index contributed by atoms with van der Waals surface area (Å²) in [5, 5.41) is 0. The number of aryl methyl sites for hydroxylation is 1. The molecule has 0 unspecified atom stereocenters. The lowest BCUT2D eigenvalue weighted by atomic mass is 9.78. The van der Waals surface area contributed by atoms with Crippen LogP contribution in [-0.4, -0.2) is 0 Å². The molecule has 0 spiro atoms. The molecule has 0 amide bonds. The van der Waals surface area contributed by atoms with Crippen LogP contribution in [0.25, 0.3) is 0 Å². The minimum absolute atomic E-state index is 0.769. The normalized spacial score (nSPS) is 24.5. The fourth-order valence-electron chi connectivity index (χ4n) is 2.93. The first kappa shape index (κ1) is 12.4. The first-order valence-electron chi connectivity index (χ1n) is 7.05. The highest BCUT2D eigenvalue weighted by Gasteiger charge is 2.20. The van der Waals surface area contributed by atoms with E-state index < -0.39 is 0 Å². The molecule has 1 aliphatic carbocycles. The summed E-state index contributed by atoms with van der Waals surface area (Å²) in [7, 11) is 0. The van der Waals surface area contributed by atoms with Crippen LogP contribution in [0, 0.1) is 5.92 Å². The van der Waals surface area contributed by atoms with Gasteiger partial charge in [0.25, 0.3) is 0 Å². The van der Waals surface area contributed by atoms with Gasteiger partial charge in [-0.2, -0.15) is 0 Å². The van der Waals surface area contributed by atoms with Gasteiger partial charge in [0, 0.05) is 0 Å². The first-order valence-corrected chi connectivity index (χ1v) is 7.05. The molecule has 1 aliphatic rings. The monoisotopic (exact) mass is 228 g/mol. The van der Waals surface area contributed by atoms with Crippen LogP contribution in [-0.2, 0) is 6.42 Å². The Morgan fingerprint density at radius 2 is 1.76 bits per heavy atom. The van der Waals surface area contributed by atoms with Crippen molar-refractivity contribution in [1.82, 2.24) is 0 Å². The minimum Gasteiger partial charge on any atom is -0.103 e. The predicted octanol–water partition coefficient (Wildman–Crippen LogP) is 5.10. The van der Waals surface area contributed by atoms with Gasteiger partial charge >= 0.3 is 0 Å². The van der Waals surface area contributed by atoms with Crippen LogP contribution in [0.2, 0.25) is 0 Å². The molecule has 1 fully saturated rings. The fraction of sp³-hybridized carbons (Fsp3) is 0.529. The smallest absolute Gasteiger partial charge is 0.0162 e. The summed E-state index contributed by atoms with van der Waals surface area (Å²) in [5.41, 5.74) is 3.03. The first-order chi connectivity index (χ1) is 8.33. The van der Waals surface area contributed by atoms with Crippen LogP contribution in [0.1, 0.15) is 56.1 Å². The molecule has 0 N–H and O–H groups in total. The maximum Gasteiger partial charge on any atom is -0.0162 e. The highest BCUT2D eigenvalue weighted by Crippen LogP contribution is 2.36. The molecule has 0 nitrogen and oxygen atoms in total. The molecule has 0 saturated heterocycles. The van der Waals surface area contributed by atoms with Crippen LogP contribution in [0.5, 0.6) is 0 Å². The number of benzene rings is 1. The third-order valence-electron chi connectivity index (χ3n) is 4.09. The third kappa shape index (κ3) is 3.21. The Labute approximate surface area is 106 Å². The number of rotatable bonds is 4. The number of hydrogen-bond donors (Lipinski definition) is 0. The number of hydrogen-bond acceptors (Lipinski definition) is 0. The van der Waals surface area contributed by atoms with Gasteiger partial charge in [0.15, 0.2) is 0 Å². The van der Waals surface area contributed by atoms with E-state index in [2.05, 4.69) is 43.8 Å². The van der Waals surface area contributed by atoms with Gasteiger partial charge in [0.2, 0.25) is 0 Å². The van der Waals surface area contributed by atoms with Gasteiger partial charge in [-0.05, 0) is 55.1 Å². The van der Waals surface area contributed by atoms with Gasteiger partial charge in [-0.3, -0.25) is 0 Å². The van der Waals surface area contributed by atoms with E-state index in [0.717, 1.165) is 11.8 Å². The average molecular weight is 228 g/mol. The molecule has 0 aliphatic heterocycles. The van der Waals surface area contributed by atoms with E-state index in [1.165, 1.54) is 44.1 Å². The van der Waals surface area contributed by atoms with Crippen LogP contribution in [0.4, 0.5) is 0 Å². The molecule has 1 saturated carbocycles. The minimum atomic E-state index is 0.769. The Morgan fingerprint density at radius 3 is 2.29 bits per heavy atom. The molecule has 1 aromatic rings. The summed E-state index contributed by atoms with van der Waals surface area (Å²) in [4.78, 5) is 0. The highest BCUT2D eigenvalue weighted by molar-refractivity contribution is 5.26. The lowest BCUT2D eigenvalue weighted by Crippen LogP contribution is -2.11. The molecule has 0 heteroatoms. The molecule has 0 bridgehead atoms. The molecule has 0 heterocycles. The average Bonchev–Trinajstić information content (AvgIpc) is 2.40. The zero-order chi connectivity index (χ0) is 12.1. The Bertz CT molecular complexity index is 339. The van der Waals surface area contributed by atoms with Crippen molar-refractivity contribution < 1.29 is 0 Å². The van der Waals surface area contributed by atoms with E-state index in [-0.39, 0.29) is 0 Å². The maximum atomic E-state index is 3.91. The number of allylic oxidation sites excluding steroid dienone is 1. The second kappa shape index (κ2) is 6.05. The molecule has 92 valence electrons. The van der Waals surface area contributed by atoms with Gasteiger partial charge < -0.3 is 0 Å². The van der Waals surface area contributed by atoms with Crippen molar-refractivity contribution in [3.05, 3.63) is 48.0 Å². The largest absolute Gasteiger partial charge is 0.103 e. The quantitative estimate of drug-likeness (QED) is 0.629. The molecule has 0 radical (unpaired) electrons. The summed E-state index contributed by atoms with van der Waals surface area (Å²) in [6.45, 7) is 6.15. The van der Waals surface area contributed by atoms with Crippen LogP contribution < -0.4 is 0 Å². The van der Waals surface area contributed by atoms with Crippen LogP contribution >= 0.6 is 0 Å². The molecule has 1 aromatic carbocycles. The molecular weight excluding hydrogens is 204 g/mol. The molecule has 2 rings (SSSR count). The fourth-order valence-corrected chi connectivity index (χ4v) is 2.93. The van der Waals surface area contributed by atoms with Crippen molar-refractivity contribution in [2.24, 2.45) is 5.92 Å². The topological polar surface area (TPSA) is 0 Å². The van der Waals surface area contributed by atoms with E-state index in [4.69, 9.17) is 0 Å². The third-order valence-corrected chi connectivity index (χ3v) is 4.09. The van der Waals surface area contributed by atoms with E-state index in [1.54, 1.807) is 5.56 Å². The van der Waals surface area contributed by atoms with Gasteiger partial charge in [-0.25, -0.2) is 0 Å². The zero-order valence-corrected chi connectivity index (χ0v) is 11.0. The van der Waals surface area contributed by atoms with Gasteiger partial charge in [0.05, 0.1) is 0 Å². The molecule has 0 aromatic heterocycles. The van der Waals surface area contributed by atoms with E-state index >= 15 is 0 Å². The van der Waals surface area contributed by atoms with Crippen LogP contribution in [0.15, 0.2) is 36.9 Å². The second-order valence-corrected chi connectivity index (χ2v) is 5.34. The van der Waals surface area contributed by atoms with E-state index in [0.29, 0.717) is 0 Å². The zero-order valence-electron chi connectivity index (χ0n) is 11.0. The van der Waals surface area contributed by atoms with E-state index in [9.17, 15) is 0 Å². The Kier molecular flexibility index (Phi) is 4.42. The highest BCUT2D eigenvalue weighted by atomic mass is 14.2. The summed E-state index contributed by atoms with van der Waals surface area (Å²) >= 11 is 0. The van der Waals surface area contributed by atoms with Crippen molar-refractivity contribution in [2.45, 2.75) is 51.4 Å². The SMILES string of the molecule is C=C[C@H]1CC[C@H](c2ccc(CCC)cc2)CC1. The Balaban J connectivity index is 1.96. The summed E-state index contributed by atoms with van der Waals surface area (Å²) < 4.78 is 0. The van der Waals surface area contributed by atoms with Crippen LogP contribution in [0.3, 0.4) is 0 Å². The molecule has 0 atom stereocenters. The Morgan fingerprint density at radius 1 is 1.12 bits per heavy atom. The van der Waals surface area contributed by atoms with E-state index in [1.807, 2.05) is 0 Å². The van der Waals surface area contributed by atoms with Crippen molar-refractivity contribution in [3.8, 4) is 0 Å². The molecule has 17 heavy (non-hydrogen) atoms. The summed E-state index contributed by atoms with van der Waals surface area (Å²) in [6.07, 6.45) is 9.91. The maximum absolute atomic E-state index is 3.91. The van der Waals surface area contributed by atoms with Crippen molar-refractivity contribution in [2.75, 3.05) is 0 Å². The predicted molar refractivity (Wildman–Crippen MR) is 75.3 cm³/mol. The second-order valence-electron chi connectivity index (χ2n) is 5.34. The lowest BCUT2D eigenvalue weighted by Gasteiger charge is -2.27. The lowest BCUT2D eigenvalue weighted by molar-refractivity contribution is 0.376. The Hall–Kier alpha value is -1.04. The standard InChI is InChI=1S/C17H24/c1-3-5-15-8-12-17(13-9-15)16-10-6-14(4-2)7-11-16/h4,8-9,12-14,16H,2-3,5-7,10-11H2,1H3/t14-,16-. The van der Waals surface area contributed by atoms with Crippen molar-refractivity contribution in [3.63, 3.8) is 0 Å². The van der Waals surface area contributed by atoms with Gasteiger partial charge in [0.1, 0.15) is 0 Å². The molecular formula is C17H24. The summed E-state index contributed by atoms with van der Waals surface area (Å²) in [5.74, 6) is 1.56. The van der Waals surface area contributed by atoms with Gasteiger partial charge in [-0.1, -0.05) is 43.7 Å². The van der Waals surface area contributed by atoms with Crippen molar-refractivity contribution in [1.29, 1.82) is 0 Å². The van der Waals surface area contributed by atoms with Crippen molar-refractivity contribution >= 4 is 0 Å². The van der Waals surface area contributed by atoms with Gasteiger partial charge in [-0.15, -0.1) is 6.58 Å². The summed E-state index contributed by atoms with van der Waals surface area (Å²) in [6, 6.07) is 9.34.